The normalized spacial score (nSPS) is 10.2. The number of rotatable bonds is 5. The maximum atomic E-state index is 6.22. The van der Waals surface area contributed by atoms with Crippen LogP contribution in [-0.2, 0) is 0 Å². The Morgan fingerprint density at radius 2 is 1.12 bits per heavy atom. The number of hydrogen-bond acceptors (Lipinski definition) is 4. The van der Waals surface area contributed by atoms with E-state index in [2.05, 4.69) is 4.90 Å². The molecule has 4 nitrogen and oxygen atoms in total. The molecule has 0 heterocycles. The number of nitrogens with zero attached hydrogens (tertiary/aromatic N) is 1. The van der Waals surface area contributed by atoms with Crippen molar-refractivity contribution in [2.45, 2.75) is 0 Å². The third-order valence-corrected chi connectivity index (χ3v) is 3.84. The second-order valence-electron chi connectivity index (χ2n) is 5.29. The fourth-order valence-corrected chi connectivity index (χ4v) is 2.58. The predicted octanol–water partition coefficient (Wildman–Crippen LogP) is 4.76. The summed E-state index contributed by atoms with van der Waals surface area (Å²) in [6.07, 6.45) is 0. The molecule has 2 N–H and O–H groups in total. The molecule has 4 heteroatoms. The molecule has 0 bridgehead atoms. The monoisotopic (exact) mass is 320 g/mol. The highest BCUT2D eigenvalue weighted by molar-refractivity contribution is 5.83. The van der Waals surface area contributed by atoms with Crippen molar-refractivity contribution in [2.75, 3.05) is 24.9 Å². The second-order valence-corrected chi connectivity index (χ2v) is 5.29. The largest absolute Gasteiger partial charge is 0.497 e. The van der Waals surface area contributed by atoms with Gasteiger partial charge in [0.15, 0.2) is 0 Å². The lowest BCUT2D eigenvalue weighted by Gasteiger charge is -2.26. The molecule has 0 aliphatic carbocycles. The Kier molecular flexibility index (Phi) is 4.57. The lowest BCUT2D eigenvalue weighted by molar-refractivity contribution is 0.415. The Labute approximate surface area is 142 Å². The number of nitrogen functional groups attached to an aromatic ring is 1. The zero-order valence-corrected chi connectivity index (χ0v) is 13.8. The van der Waals surface area contributed by atoms with Gasteiger partial charge in [0, 0.05) is 11.4 Å². The third kappa shape index (κ3) is 3.13. The van der Waals surface area contributed by atoms with Crippen molar-refractivity contribution in [1.82, 2.24) is 0 Å². The Morgan fingerprint density at radius 3 is 1.54 bits per heavy atom. The molecule has 0 unspecified atom stereocenters. The molecule has 0 aliphatic rings. The van der Waals surface area contributed by atoms with Crippen molar-refractivity contribution < 1.29 is 9.47 Å². The molecule has 0 aromatic heterocycles. The quantitative estimate of drug-likeness (QED) is 0.689. The van der Waals surface area contributed by atoms with E-state index in [4.69, 9.17) is 15.2 Å². The van der Waals surface area contributed by atoms with E-state index >= 15 is 0 Å². The number of para-hydroxylation sites is 2. The average molecular weight is 320 g/mol. The number of ether oxygens (including phenoxy) is 2. The maximum Gasteiger partial charge on any atom is 0.119 e. The lowest BCUT2D eigenvalue weighted by atomic mass is 10.1. The van der Waals surface area contributed by atoms with E-state index in [-0.39, 0.29) is 0 Å². The molecule has 3 rings (SSSR count). The summed E-state index contributed by atoms with van der Waals surface area (Å²) in [4.78, 5) is 2.11. The van der Waals surface area contributed by atoms with Crippen LogP contribution in [0.2, 0.25) is 0 Å². The van der Waals surface area contributed by atoms with Gasteiger partial charge in [-0.2, -0.15) is 0 Å². The summed E-state index contributed by atoms with van der Waals surface area (Å²) >= 11 is 0. The lowest BCUT2D eigenvalue weighted by Crippen LogP contribution is -2.11. The van der Waals surface area contributed by atoms with Crippen molar-refractivity contribution in [3.05, 3.63) is 72.8 Å². The first-order chi connectivity index (χ1) is 11.7. The van der Waals surface area contributed by atoms with Crippen LogP contribution >= 0.6 is 0 Å². The zero-order valence-electron chi connectivity index (χ0n) is 13.8. The molecule has 3 aromatic rings. The molecule has 0 aliphatic heterocycles. The molecule has 3 aromatic carbocycles. The number of nitrogens with two attached hydrogens (primary N) is 1. The Hall–Kier alpha value is -3.14. The Morgan fingerprint density at radius 1 is 0.667 bits per heavy atom. The van der Waals surface area contributed by atoms with Crippen molar-refractivity contribution in [2.24, 2.45) is 0 Å². The number of hydrogen-bond donors (Lipinski definition) is 1. The molecule has 0 amide bonds. The highest BCUT2D eigenvalue weighted by atomic mass is 16.5. The minimum Gasteiger partial charge on any atom is -0.497 e. The van der Waals surface area contributed by atoms with E-state index in [1.807, 2.05) is 72.8 Å². The molecule has 0 saturated heterocycles. The van der Waals surface area contributed by atoms with Crippen LogP contribution < -0.4 is 20.1 Å². The van der Waals surface area contributed by atoms with Crippen LogP contribution in [0.15, 0.2) is 72.8 Å². The van der Waals surface area contributed by atoms with Crippen LogP contribution in [0.4, 0.5) is 22.7 Å². The minimum atomic E-state index is 0.712. The van der Waals surface area contributed by atoms with Gasteiger partial charge in [0.05, 0.1) is 25.6 Å². The number of anilines is 4. The topological polar surface area (TPSA) is 47.7 Å². The summed E-state index contributed by atoms with van der Waals surface area (Å²) in [5, 5.41) is 0. The molecule has 0 saturated carbocycles. The number of benzene rings is 3. The fourth-order valence-electron chi connectivity index (χ4n) is 2.58. The first-order valence-electron chi connectivity index (χ1n) is 7.65. The van der Waals surface area contributed by atoms with Gasteiger partial charge in [-0.3, -0.25) is 0 Å². The third-order valence-electron chi connectivity index (χ3n) is 3.84. The van der Waals surface area contributed by atoms with Gasteiger partial charge in [-0.1, -0.05) is 12.1 Å². The van der Waals surface area contributed by atoms with E-state index in [0.29, 0.717) is 5.69 Å². The average Bonchev–Trinajstić information content (AvgIpc) is 2.64. The van der Waals surface area contributed by atoms with Crippen molar-refractivity contribution in [3.8, 4) is 11.5 Å². The molecule has 0 fully saturated rings. The first kappa shape index (κ1) is 15.7. The molecular formula is C20H20N2O2. The Bertz CT molecular complexity index is 751. The smallest absolute Gasteiger partial charge is 0.119 e. The highest BCUT2D eigenvalue weighted by Crippen LogP contribution is 2.38. The van der Waals surface area contributed by atoms with Gasteiger partial charge in [0.1, 0.15) is 11.5 Å². The number of methoxy groups -OCH3 is 2. The fraction of sp³-hybridized carbons (Fsp3) is 0.100. The van der Waals surface area contributed by atoms with Crippen LogP contribution in [0.1, 0.15) is 0 Å². The molecule has 0 spiro atoms. The molecule has 0 atom stereocenters. The molecular weight excluding hydrogens is 300 g/mol. The second kappa shape index (κ2) is 6.96. The van der Waals surface area contributed by atoms with E-state index in [0.717, 1.165) is 28.6 Å². The summed E-state index contributed by atoms with van der Waals surface area (Å²) in [7, 11) is 3.32. The summed E-state index contributed by atoms with van der Waals surface area (Å²) in [6, 6.07) is 23.6. The van der Waals surface area contributed by atoms with Gasteiger partial charge < -0.3 is 20.1 Å². The molecule has 24 heavy (non-hydrogen) atoms. The van der Waals surface area contributed by atoms with Crippen molar-refractivity contribution >= 4 is 22.7 Å². The van der Waals surface area contributed by atoms with Crippen LogP contribution in [0, 0.1) is 0 Å². The van der Waals surface area contributed by atoms with Gasteiger partial charge in [0.25, 0.3) is 0 Å². The zero-order chi connectivity index (χ0) is 16.9. The van der Waals surface area contributed by atoms with Crippen molar-refractivity contribution in [1.29, 1.82) is 0 Å². The van der Waals surface area contributed by atoms with E-state index in [9.17, 15) is 0 Å². The van der Waals surface area contributed by atoms with Gasteiger partial charge in [-0.05, 0) is 60.7 Å². The summed E-state index contributed by atoms with van der Waals surface area (Å²) in [5.41, 5.74) is 9.85. The van der Waals surface area contributed by atoms with Crippen LogP contribution in [-0.4, -0.2) is 14.2 Å². The van der Waals surface area contributed by atoms with Crippen LogP contribution in [0.25, 0.3) is 0 Å². The first-order valence-corrected chi connectivity index (χ1v) is 7.65. The van der Waals surface area contributed by atoms with E-state index < -0.39 is 0 Å². The SMILES string of the molecule is COc1ccc(N(c2ccc(OC)cc2)c2ccccc2N)cc1. The predicted molar refractivity (Wildman–Crippen MR) is 98.6 cm³/mol. The summed E-state index contributed by atoms with van der Waals surface area (Å²) in [6.45, 7) is 0. The van der Waals surface area contributed by atoms with E-state index in [1.165, 1.54) is 0 Å². The van der Waals surface area contributed by atoms with Crippen molar-refractivity contribution in [3.63, 3.8) is 0 Å². The maximum absolute atomic E-state index is 6.22. The van der Waals surface area contributed by atoms with Crippen LogP contribution in [0.5, 0.6) is 11.5 Å². The summed E-state index contributed by atoms with van der Waals surface area (Å²) < 4.78 is 10.5. The van der Waals surface area contributed by atoms with Crippen LogP contribution in [0.3, 0.4) is 0 Å². The van der Waals surface area contributed by atoms with Gasteiger partial charge in [-0.15, -0.1) is 0 Å². The summed E-state index contributed by atoms with van der Waals surface area (Å²) in [5.74, 6) is 1.63. The highest BCUT2D eigenvalue weighted by Gasteiger charge is 2.14. The molecule has 122 valence electrons. The van der Waals surface area contributed by atoms with Gasteiger partial charge >= 0.3 is 0 Å². The standard InChI is InChI=1S/C20H20N2O2/c1-23-17-11-7-15(8-12-17)22(20-6-4-3-5-19(20)21)16-9-13-18(24-2)14-10-16/h3-14H,21H2,1-2H3. The Balaban J connectivity index is 2.10. The van der Waals surface area contributed by atoms with Gasteiger partial charge in [0.2, 0.25) is 0 Å². The minimum absolute atomic E-state index is 0.712. The van der Waals surface area contributed by atoms with E-state index in [1.54, 1.807) is 14.2 Å². The van der Waals surface area contributed by atoms with Gasteiger partial charge in [-0.25, -0.2) is 0 Å². The molecule has 0 radical (unpaired) electrons.